The van der Waals surface area contributed by atoms with Gasteiger partial charge < -0.3 is 97.7 Å². The van der Waals surface area contributed by atoms with Gasteiger partial charge in [0.2, 0.25) is 41.2 Å². The molecule has 6 heterocycles. The average molecular weight is 1280 g/mol. The fourth-order valence-electron chi connectivity index (χ4n) is 10.9. The fourth-order valence-corrected chi connectivity index (χ4v) is 11.4. The molecule has 13 rings (SSSR count). The number of phenolic OH excluding ortho intramolecular Hbond substituents is 5. The number of hydrogen-bond donors (Lipinski definition) is 14. The van der Waals surface area contributed by atoms with Gasteiger partial charge in [-0.1, -0.05) is 47.5 Å². The normalized spacial score (nSPS) is 21.3. The molecule has 7 aromatic carbocycles. The molecule has 8 atom stereocenters. The number of aromatic hydroxyl groups is 5. The van der Waals surface area contributed by atoms with Gasteiger partial charge in [0.1, 0.15) is 82.6 Å². The van der Waals surface area contributed by atoms with Crippen LogP contribution in [0.2, 0.25) is 10.0 Å². The Morgan fingerprint density at radius 3 is 1.85 bits per heavy atom. The number of phenols is 5. The molecule has 91 heavy (non-hydrogen) atoms. The number of halogens is 2. The molecule has 0 aromatic heterocycles. The Hall–Kier alpha value is -10.5. The van der Waals surface area contributed by atoms with E-state index in [-0.39, 0.29) is 114 Å². The third-order valence-corrected chi connectivity index (χ3v) is 16.1. The molecular formula is C63H56Cl2N8O18. The van der Waals surface area contributed by atoms with E-state index in [1.165, 1.54) is 78.9 Å². The Morgan fingerprint density at radius 1 is 0.560 bits per heavy atom. The maximum absolute atomic E-state index is 16.0. The number of carbonyl (C=O) groups is 7. The van der Waals surface area contributed by atoms with Gasteiger partial charge in [-0.15, -0.1) is 0 Å². The molecule has 6 aliphatic rings. The summed E-state index contributed by atoms with van der Waals surface area (Å²) < 4.78 is 30.7. The van der Waals surface area contributed by atoms with Gasteiger partial charge in [-0.25, -0.2) is 4.79 Å². The second-order valence-corrected chi connectivity index (χ2v) is 22.4. The van der Waals surface area contributed by atoms with Crippen molar-refractivity contribution in [3.63, 3.8) is 0 Å². The zero-order valence-corrected chi connectivity index (χ0v) is 49.1. The molecule has 26 nitrogen and oxygen atoms in total. The molecule has 470 valence electrons. The van der Waals surface area contributed by atoms with E-state index in [4.69, 9.17) is 58.4 Å². The molecule has 0 aliphatic carbocycles. The Kier molecular flexibility index (Phi) is 17.4. The standard InChI is InChI=1S/C63H56Cl2N8O18/c1-87-63(86)53-36-24-33(75)25-42(78)48(36)35-18-28(6-8-40(35)76)50-59(82)73-54(62(85)72-53)55(79)29-7-11-44(38(65)19-29)91-47-22-31-21-46(56(47)88-13-3-2-12-66)90-43-10-4-26(14-37(43)64)15-39-57(80)69-51(60(83)71-52(31)61(84)70-50)30-16-32(74)23-34(17-30)89-45-20-27(5-9-41(45)77)49(67)58(81)68-39/h4-11,14,16-25,39,49-55,74-79H,2-3,12-13,15,66-67H2,1H3,(H,68,81)(H,69,80)(H,70,84)(H,71,83)(H,72,85)(H,73,82)/t39-,49-,50-,51+,52-,53-,54+,55-/m1/s1. The molecule has 6 amide bonds. The molecule has 6 aliphatic heterocycles. The lowest BCUT2D eigenvalue weighted by Crippen LogP contribution is -2.55. The zero-order valence-electron chi connectivity index (χ0n) is 47.6. The summed E-state index contributed by atoms with van der Waals surface area (Å²) in [6, 6.07) is 10.00. The van der Waals surface area contributed by atoms with Crippen molar-refractivity contribution in [2.24, 2.45) is 11.5 Å². The van der Waals surface area contributed by atoms with Crippen molar-refractivity contribution in [3.8, 4) is 80.1 Å². The smallest absolute Gasteiger partial charge is 0.333 e. The van der Waals surface area contributed by atoms with Gasteiger partial charge in [-0.3, -0.25) is 28.8 Å². The SMILES string of the molecule is COC(=O)[C@@H]1NC(=O)[C@H]2NC(=O)[C@H](NC(=O)[C@@H]3NC(=O)[C@H]4NC(=O)[C@@H](Cc5ccc(c(Cl)c5)Oc5cc3cc(c5OCCCCN)Oc3ccc(cc3Cl)[C@H]2O)NC(=O)[C@H](N)c2ccc(O)c(c2)Oc2cc(O)cc4c2)c2ccc(O)c(c2)-c2c(O)cc(O)cc21. The van der Waals surface area contributed by atoms with Crippen molar-refractivity contribution < 1.29 is 87.9 Å². The number of unbranched alkanes of at least 4 members (excludes halogenated alkanes) is 1. The van der Waals surface area contributed by atoms with E-state index < -0.39 is 119 Å². The molecule has 0 saturated carbocycles. The minimum absolute atomic E-state index is 0.0250. The molecule has 0 saturated heterocycles. The largest absolute Gasteiger partial charge is 0.508 e. The molecule has 28 heteroatoms. The van der Waals surface area contributed by atoms with E-state index in [9.17, 15) is 45.0 Å². The van der Waals surface area contributed by atoms with E-state index in [2.05, 4.69) is 31.9 Å². The van der Waals surface area contributed by atoms with E-state index >= 15 is 19.2 Å². The number of aliphatic hydroxyl groups excluding tert-OH is 1. The number of amides is 6. The first-order valence-electron chi connectivity index (χ1n) is 28.1. The number of esters is 1. The van der Waals surface area contributed by atoms with Crippen LogP contribution < -0.4 is 62.3 Å². The van der Waals surface area contributed by atoms with Gasteiger partial charge in [-0.05, 0) is 132 Å². The predicted molar refractivity (Wildman–Crippen MR) is 321 cm³/mol. The maximum atomic E-state index is 16.0. The first-order chi connectivity index (χ1) is 43.5. The van der Waals surface area contributed by atoms with Crippen molar-refractivity contribution in [1.29, 1.82) is 0 Å². The maximum Gasteiger partial charge on any atom is 0.333 e. The van der Waals surface area contributed by atoms with Crippen molar-refractivity contribution in [2.45, 2.75) is 67.7 Å². The van der Waals surface area contributed by atoms with Gasteiger partial charge in [-0.2, -0.15) is 0 Å². The molecule has 0 unspecified atom stereocenters. The highest BCUT2D eigenvalue weighted by molar-refractivity contribution is 6.32. The van der Waals surface area contributed by atoms with Gasteiger partial charge in [0.05, 0.1) is 23.8 Å². The minimum atomic E-state index is -2.13. The van der Waals surface area contributed by atoms with E-state index in [0.29, 0.717) is 18.4 Å². The van der Waals surface area contributed by atoms with Crippen LogP contribution in [0, 0.1) is 0 Å². The lowest BCUT2D eigenvalue weighted by atomic mass is 9.89. The first kappa shape index (κ1) is 62.1. The summed E-state index contributed by atoms with van der Waals surface area (Å²) in [7, 11) is 0.977. The van der Waals surface area contributed by atoms with Crippen LogP contribution in [0.5, 0.6) is 69.0 Å². The number of fused-ring (bicyclic) bond motifs is 14. The lowest BCUT2D eigenvalue weighted by molar-refractivity contribution is -0.146. The van der Waals surface area contributed by atoms with Crippen molar-refractivity contribution in [1.82, 2.24) is 31.9 Å². The highest BCUT2D eigenvalue weighted by Crippen LogP contribution is 2.49. The van der Waals surface area contributed by atoms with Crippen LogP contribution in [0.4, 0.5) is 0 Å². The third kappa shape index (κ3) is 12.7. The summed E-state index contributed by atoms with van der Waals surface area (Å²) in [6.45, 7) is 0.260. The summed E-state index contributed by atoms with van der Waals surface area (Å²) in [5.41, 5.74) is 11.0. The van der Waals surface area contributed by atoms with Crippen molar-refractivity contribution in [3.05, 3.63) is 164 Å². The van der Waals surface area contributed by atoms with Crippen LogP contribution >= 0.6 is 23.2 Å². The number of rotatable bonds is 6. The third-order valence-electron chi connectivity index (χ3n) is 15.5. The summed E-state index contributed by atoms with van der Waals surface area (Å²) in [5, 5.41) is 83.9. The highest BCUT2D eigenvalue weighted by atomic mass is 35.5. The van der Waals surface area contributed by atoms with Gasteiger partial charge in [0.15, 0.2) is 29.0 Å². The molecule has 0 radical (unpaired) electrons. The molecule has 16 N–H and O–H groups in total. The van der Waals surface area contributed by atoms with Crippen molar-refractivity contribution >= 4 is 64.6 Å². The number of ether oxygens (including phenoxy) is 5. The number of methoxy groups -OCH3 is 1. The molecule has 0 fully saturated rings. The summed E-state index contributed by atoms with van der Waals surface area (Å²) in [5.74, 6) is -12.4. The van der Waals surface area contributed by atoms with Crippen LogP contribution in [0.25, 0.3) is 11.1 Å². The van der Waals surface area contributed by atoms with Crippen molar-refractivity contribution in [2.75, 3.05) is 20.3 Å². The van der Waals surface area contributed by atoms with E-state index in [1.807, 2.05) is 0 Å². The Bertz CT molecular complexity index is 4150. The number of carbonyl (C=O) groups excluding carboxylic acids is 7. The zero-order chi connectivity index (χ0) is 64.7. The highest BCUT2D eigenvalue weighted by Gasteiger charge is 2.42. The van der Waals surface area contributed by atoms with Gasteiger partial charge in [0.25, 0.3) is 0 Å². The van der Waals surface area contributed by atoms with Crippen LogP contribution in [-0.4, -0.2) is 104 Å². The molecule has 7 aromatic rings. The Labute approximate surface area is 525 Å². The first-order valence-corrected chi connectivity index (χ1v) is 28.8. The average Bonchev–Trinajstić information content (AvgIpc) is 0.839. The van der Waals surface area contributed by atoms with Gasteiger partial charge >= 0.3 is 5.97 Å². The summed E-state index contributed by atoms with van der Waals surface area (Å²) in [6.07, 6.45) is -1.52. The number of hydrogen-bond acceptors (Lipinski definition) is 20. The van der Waals surface area contributed by atoms with Crippen LogP contribution in [-0.2, 0) is 44.7 Å². The number of aliphatic hydroxyl groups is 1. The quantitative estimate of drug-likeness (QED) is 0.0723. The van der Waals surface area contributed by atoms with Crippen LogP contribution in [0.3, 0.4) is 0 Å². The second-order valence-electron chi connectivity index (χ2n) is 21.6. The van der Waals surface area contributed by atoms with Crippen LogP contribution in [0.15, 0.2) is 115 Å². The van der Waals surface area contributed by atoms with Crippen LogP contribution in [0.1, 0.15) is 88.1 Å². The molecule has 17 bridgehead atoms. The summed E-state index contributed by atoms with van der Waals surface area (Å²) in [4.78, 5) is 105. The number of benzene rings is 7. The summed E-state index contributed by atoms with van der Waals surface area (Å²) >= 11 is 14.0. The monoisotopic (exact) mass is 1280 g/mol. The second kappa shape index (κ2) is 25.5. The predicted octanol–water partition coefficient (Wildman–Crippen LogP) is 5.49. The number of nitrogens with one attached hydrogen (secondary N) is 6. The van der Waals surface area contributed by atoms with E-state index in [0.717, 1.165) is 43.5 Å². The molecule has 0 spiro atoms. The molecular weight excluding hydrogens is 1230 g/mol. The van der Waals surface area contributed by atoms with Gasteiger partial charge in [0, 0.05) is 35.2 Å². The Balaban J connectivity index is 1.17. The minimum Gasteiger partial charge on any atom is -0.508 e. The number of nitrogens with two attached hydrogens (primary N) is 2. The Morgan fingerprint density at radius 2 is 1.16 bits per heavy atom. The lowest BCUT2D eigenvalue weighted by Gasteiger charge is -2.31. The fraction of sp³-hybridized carbons (Fsp3) is 0.222. The van der Waals surface area contributed by atoms with E-state index in [1.54, 1.807) is 0 Å². The topological polar surface area (TPSA) is 411 Å².